The molecule has 2 aliphatic heterocycles. The highest BCUT2D eigenvalue weighted by atomic mass is 16.2. The summed E-state index contributed by atoms with van der Waals surface area (Å²) in [4.78, 5) is 26.2. The molecule has 0 bridgehead atoms. The molecule has 2 unspecified atom stereocenters. The SMILES string of the molecule is CCCC1CCCN(C(=O)NC2CCCCNC2=O)CC1. The highest BCUT2D eigenvalue weighted by Gasteiger charge is 2.26. The molecule has 21 heavy (non-hydrogen) atoms. The molecule has 2 heterocycles. The molecule has 0 aromatic heterocycles. The average molecular weight is 295 g/mol. The topological polar surface area (TPSA) is 61.4 Å². The smallest absolute Gasteiger partial charge is 0.318 e. The molecule has 2 rings (SSSR count). The predicted molar refractivity (Wildman–Crippen MR) is 83.0 cm³/mol. The summed E-state index contributed by atoms with van der Waals surface area (Å²) in [6, 6.07) is -0.413. The Balaban J connectivity index is 1.83. The van der Waals surface area contributed by atoms with Crippen molar-refractivity contribution in [3.05, 3.63) is 0 Å². The van der Waals surface area contributed by atoms with Crippen molar-refractivity contribution in [1.82, 2.24) is 15.5 Å². The van der Waals surface area contributed by atoms with Gasteiger partial charge in [0.25, 0.3) is 0 Å². The van der Waals surface area contributed by atoms with Crippen LogP contribution >= 0.6 is 0 Å². The van der Waals surface area contributed by atoms with E-state index in [1.807, 2.05) is 4.90 Å². The van der Waals surface area contributed by atoms with Crippen LogP contribution in [0.4, 0.5) is 4.79 Å². The van der Waals surface area contributed by atoms with Crippen LogP contribution in [0, 0.1) is 5.92 Å². The van der Waals surface area contributed by atoms with Crippen LogP contribution in [0.25, 0.3) is 0 Å². The maximum Gasteiger partial charge on any atom is 0.318 e. The van der Waals surface area contributed by atoms with E-state index in [1.165, 1.54) is 19.3 Å². The fraction of sp³-hybridized carbons (Fsp3) is 0.875. The Morgan fingerprint density at radius 2 is 2.10 bits per heavy atom. The average Bonchev–Trinajstić information content (AvgIpc) is 2.81. The number of nitrogens with zero attached hydrogens (tertiary/aromatic N) is 1. The van der Waals surface area contributed by atoms with Gasteiger partial charge in [0.2, 0.25) is 5.91 Å². The van der Waals surface area contributed by atoms with Gasteiger partial charge in [0.15, 0.2) is 0 Å². The number of carbonyl (C=O) groups excluding carboxylic acids is 2. The Labute approximate surface area is 127 Å². The van der Waals surface area contributed by atoms with Gasteiger partial charge in [-0.1, -0.05) is 19.8 Å². The van der Waals surface area contributed by atoms with Crippen LogP contribution < -0.4 is 10.6 Å². The summed E-state index contributed by atoms with van der Waals surface area (Å²) >= 11 is 0. The Bertz CT molecular complexity index is 359. The first-order valence-corrected chi connectivity index (χ1v) is 8.54. The van der Waals surface area contributed by atoms with Crippen molar-refractivity contribution < 1.29 is 9.59 Å². The van der Waals surface area contributed by atoms with Gasteiger partial charge < -0.3 is 15.5 Å². The van der Waals surface area contributed by atoms with Gasteiger partial charge >= 0.3 is 6.03 Å². The molecule has 5 nitrogen and oxygen atoms in total. The number of carbonyl (C=O) groups is 2. The highest BCUT2D eigenvalue weighted by Crippen LogP contribution is 2.22. The number of urea groups is 1. The third-order valence-corrected chi connectivity index (χ3v) is 4.66. The number of nitrogens with one attached hydrogen (secondary N) is 2. The number of hydrogen-bond donors (Lipinski definition) is 2. The van der Waals surface area contributed by atoms with Gasteiger partial charge in [0.1, 0.15) is 6.04 Å². The summed E-state index contributed by atoms with van der Waals surface area (Å²) in [7, 11) is 0. The van der Waals surface area contributed by atoms with Gasteiger partial charge in [0, 0.05) is 19.6 Å². The lowest BCUT2D eigenvalue weighted by Gasteiger charge is -2.24. The van der Waals surface area contributed by atoms with Gasteiger partial charge in [-0.3, -0.25) is 4.79 Å². The molecule has 2 atom stereocenters. The summed E-state index contributed by atoms with van der Waals surface area (Å²) in [5.41, 5.74) is 0. The number of rotatable bonds is 3. The van der Waals surface area contributed by atoms with Crippen LogP contribution in [0.15, 0.2) is 0 Å². The van der Waals surface area contributed by atoms with Crippen molar-refractivity contribution in [2.75, 3.05) is 19.6 Å². The van der Waals surface area contributed by atoms with Crippen molar-refractivity contribution in [2.45, 2.75) is 64.3 Å². The molecule has 120 valence electrons. The monoisotopic (exact) mass is 295 g/mol. The van der Waals surface area contributed by atoms with Crippen LogP contribution in [-0.2, 0) is 4.79 Å². The van der Waals surface area contributed by atoms with E-state index in [9.17, 15) is 9.59 Å². The van der Waals surface area contributed by atoms with Crippen molar-refractivity contribution in [3.63, 3.8) is 0 Å². The van der Waals surface area contributed by atoms with E-state index in [4.69, 9.17) is 0 Å². The van der Waals surface area contributed by atoms with Gasteiger partial charge in [-0.2, -0.15) is 0 Å². The first-order valence-electron chi connectivity index (χ1n) is 8.54. The quantitative estimate of drug-likeness (QED) is 0.839. The van der Waals surface area contributed by atoms with E-state index >= 15 is 0 Å². The van der Waals surface area contributed by atoms with Crippen molar-refractivity contribution in [3.8, 4) is 0 Å². The van der Waals surface area contributed by atoms with E-state index in [2.05, 4.69) is 17.6 Å². The van der Waals surface area contributed by atoms with Crippen molar-refractivity contribution in [2.24, 2.45) is 5.92 Å². The molecule has 0 saturated carbocycles. The molecular weight excluding hydrogens is 266 g/mol. The number of hydrogen-bond acceptors (Lipinski definition) is 2. The highest BCUT2D eigenvalue weighted by molar-refractivity contribution is 5.87. The van der Waals surface area contributed by atoms with Crippen LogP contribution in [0.5, 0.6) is 0 Å². The normalized spacial score (nSPS) is 27.5. The minimum Gasteiger partial charge on any atom is -0.354 e. The lowest BCUT2D eigenvalue weighted by molar-refractivity contribution is -0.122. The van der Waals surface area contributed by atoms with Gasteiger partial charge in [0.05, 0.1) is 0 Å². The predicted octanol–water partition coefficient (Wildman–Crippen LogP) is 2.27. The molecule has 0 spiro atoms. The molecule has 0 aliphatic carbocycles. The van der Waals surface area contributed by atoms with Crippen LogP contribution in [-0.4, -0.2) is 42.5 Å². The molecule has 2 aliphatic rings. The standard InChI is InChI=1S/C16H29N3O2/c1-2-6-13-7-5-11-19(12-9-13)16(21)18-14-8-3-4-10-17-15(14)20/h13-14H,2-12H2,1H3,(H,17,20)(H,18,21). The van der Waals surface area contributed by atoms with Crippen molar-refractivity contribution in [1.29, 1.82) is 0 Å². The summed E-state index contributed by atoms with van der Waals surface area (Å²) < 4.78 is 0. The lowest BCUT2D eigenvalue weighted by Crippen LogP contribution is -2.50. The van der Waals surface area contributed by atoms with E-state index in [0.717, 1.165) is 57.7 Å². The third-order valence-electron chi connectivity index (χ3n) is 4.66. The zero-order valence-electron chi connectivity index (χ0n) is 13.2. The van der Waals surface area contributed by atoms with Gasteiger partial charge in [-0.05, 0) is 44.4 Å². The third kappa shape index (κ3) is 4.90. The number of likely N-dealkylation sites (tertiary alicyclic amines) is 1. The first kappa shape index (κ1) is 16.1. The van der Waals surface area contributed by atoms with E-state index in [0.29, 0.717) is 0 Å². The van der Waals surface area contributed by atoms with Crippen LogP contribution in [0.1, 0.15) is 58.3 Å². The van der Waals surface area contributed by atoms with E-state index in [-0.39, 0.29) is 18.0 Å². The molecule has 2 saturated heterocycles. The Morgan fingerprint density at radius 1 is 1.24 bits per heavy atom. The lowest BCUT2D eigenvalue weighted by atomic mass is 9.96. The summed E-state index contributed by atoms with van der Waals surface area (Å²) in [6.07, 6.45) is 8.63. The minimum atomic E-state index is -0.352. The second-order valence-corrected chi connectivity index (χ2v) is 6.36. The van der Waals surface area contributed by atoms with Crippen LogP contribution in [0.3, 0.4) is 0 Å². The molecule has 3 amide bonds. The van der Waals surface area contributed by atoms with E-state index in [1.54, 1.807) is 0 Å². The molecule has 2 N–H and O–H groups in total. The van der Waals surface area contributed by atoms with Crippen molar-refractivity contribution >= 4 is 11.9 Å². The molecule has 0 aromatic carbocycles. The molecule has 5 heteroatoms. The van der Waals surface area contributed by atoms with E-state index < -0.39 is 0 Å². The Kier molecular flexibility index (Phi) is 6.33. The Morgan fingerprint density at radius 3 is 2.90 bits per heavy atom. The fourth-order valence-electron chi connectivity index (χ4n) is 3.38. The molecule has 0 radical (unpaired) electrons. The zero-order chi connectivity index (χ0) is 15.1. The second-order valence-electron chi connectivity index (χ2n) is 6.36. The largest absolute Gasteiger partial charge is 0.354 e. The minimum absolute atomic E-state index is 0.0282. The summed E-state index contributed by atoms with van der Waals surface area (Å²) in [6.45, 7) is 4.60. The van der Waals surface area contributed by atoms with Gasteiger partial charge in [-0.25, -0.2) is 4.79 Å². The second kappa shape index (κ2) is 8.25. The zero-order valence-corrected chi connectivity index (χ0v) is 13.2. The summed E-state index contributed by atoms with van der Waals surface area (Å²) in [5, 5.41) is 5.79. The van der Waals surface area contributed by atoms with Crippen LogP contribution in [0.2, 0.25) is 0 Å². The molecule has 0 aromatic rings. The first-order chi connectivity index (χ1) is 10.2. The molecule has 2 fully saturated rings. The maximum absolute atomic E-state index is 12.4. The Hall–Kier alpha value is -1.26. The fourth-order valence-corrected chi connectivity index (χ4v) is 3.38. The van der Waals surface area contributed by atoms with Gasteiger partial charge in [-0.15, -0.1) is 0 Å². The number of amides is 3. The molecular formula is C16H29N3O2. The maximum atomic E-state index is 12.4. The summed E-state index contributed by atoms with van der Waals surface area (Å²) in [5.74, 6) is 0.730.